The fourth-order valence-electron chi connectivity index (χ4n) is 2.88. The fraction of sp³-hybridized carbons (Fsp3) is 0.158. The summed E-state index contributed by atoms with van der Waals surface area (Å²) in [5.41, 5.74) is 1.45. The van der Waals surface area contributed by atoms with Crippen molar-refractivity contribution in [3.8, 4) is 0 Å². The highest BCUT2D eigenvalue weighted by Gasteiger charge is 2.12. The van der Waals surface area contributed by atoms with Crippen molar-refractivity contribution in [2.75, 3.05) is 0 Å². The first-order chi connectivity index (χ1) is 12.0. The van der Waals surface area contributed by atoms with Crippen molar-refractivity contribution in [3.05, 3.63) is 81.6 Å². The second-order valence-electron chi connectivity index (χ2n) is 5.75. The van der Waals surface area contributed by atoms with E-state index in [0.29, 0.717) is 35.0 Å². The summed E-state index contributed by atoms with van der Waals surface area (Å²) in [7, 11) is 0. The number of rotatable bonds is 5. The van der Waals surface area contributed by atoms with Crippen molar-refractivity contribution < 1.29 is 18.7 Å². The molecule has 0 aliphatic heterocycles. The summed E-state index contributed by atoms with van der Waals surface area (Å²) < 4.78 is 27.9. The fourth-order valence-corrected chi connectivity index (χ4v) is 2.88. The van der Waals surface area contributed by atoms with Gasteiger partial charge in [-0.05, 0) is 42.7 Å². The normalized spacial score (nSPS) is 11.0. The van der Waals surface area contributed by atoms with Crippen molar-refractivity contribution in [1.82, 2.24) is 4.57 Å². The first kappa shape index (κ1) is 16.8. The van der Waals surface area contributed by atoms with Crippen molar-refractivity contribution in [2.24, 2.45) is 0 Å². The van der Waals surface area contributed by atoms with E-state index in [1.165, 1.54) is 12.1 Å². The summed E-state index contributed by atoms with van der Waals surface area (Å²) in [6.45, 7) is -0.284. The number of nitrogens with zero attached hydrogens (tertiary/aromatic N) is 1. The maximum absolute atomic E-state index is 13.3. The lowest BCUT2D eigenvalue weighted by molar-refractivity contribution is -0.137. The van der Waals surface area contributed by atoms with Gasteiger partial charge in [0, 0.05) is 17.1 Å². The number of halogens is 2. The number of aromatic nitrogens is 1. The molecule has 3 rings (SSSR count). The molecule has 0 radical (unpaired) electrons. The molecule has 2 aromatic carbocycles. The zero-order valence-electron chi connectivity index (χ0n) is 13.2. The molecule has 0 spiro atoms. The van der Waals surface area contributed by atoms with Crippen LogP contribution in [0.1, 0.15) is 11.3 Å². The predicted octanol–water partition coefficient (Wildman–Crippen LogP) is 3.15. The maximum atomic E-state index is 13.3. The van der Waals surface area contributed by atoms with Crippen LogP contribution in [-0.4, -0.2) is 15.6 Å². The number of benzene rings is 2. The number of aliphatic carboxylic acids is 1. The molecule has 3 aromatic rings. The van der Waals surface area contributed by atoms with Gasteiger partial charge < -0.3 is 9.67 Å². The Balaban J connectivity index is 2.00. The molecule has 0 aliphatic carbocycles. The van der Waals surface area contributed by atoms with E-state index in [2.05, 4.69) is 0 Å². The first-order valence-electron chi connectivity index (χ1n) is 7.73. The van der Waals surface area contributed by atoms with Gasteiger partial charge in [0.1, 0.15) is 6.54 Å². The highest BCUT2D eigenvalue weighted by molar-refractivity contribution is 5.81. The number of carboxylic acids is 1. The van der Waals surface area contributed by atoms with Gasteiger partial charge in [-0.3, -0.25) is 9.59 Å². The topological polar surface area (TPSA) is 59.3 Å². The SMILES string of the molecule is O=C(O)Cn1c(CCc2ccc(F)c(F)c2)cc(=O)c2ccccc21. The van der Waals surface area contributed by atoms with Crippen LogP contribution in [0.5, 0.6) is 0 Å². The molecule has 1 aromatic heterocycles. The number of hydrogen-bond acceptors (Lipinski definition) is 2. The molecule has 0 saturated heterocycles. The standard InChI is InChI=1S/C19H15F2NO3/c20-15-8-6-12(9-16(15)21)5-7-13-10-18(23)14-3-1-2-4-17(14)22(13)11-19(24)25/h1-4,6,8-10H,5,7,11H2,(H,24,25). The molecule has 0 amide bonds. The maximum Gasteiger partial charge on any atom is 0.323 e. The van der Waals surface area contributed by atoms with Crippen molar-refractivity contribution in [1.29, 1.82) is 0 Å². The number of pyridine rings is 1. The predicted molar refractivity (Wildman–Crippen MR) is 89.6 cm³/mol. The van der Waals surface area contributed by atoms with Gasteiger partial charge in [-0.1, -0.05) is 18.2 Å². The second-order valence-corrected chi connectivity index (χ2v) is 5.75. The van der Waals surface area contributed by atoms with E-state index in [1.54, 1.807) is 28.8 Å². The third kappa shape index (κ3) is 3.57. The van der Waals surface area contributed by atoms with E-state index in [1.807, 2.05) is 0 Å². The van der Waals surface area contributed by atoms with E-state index < -0.39 is 17.6 Å². The first-order valence-corrected chi connectivity index (χ1v) is 7.73. The smallest absolute Gasteiger partial charge is 0.323 e. The Morgan fingerprint density at radius 3 is 2.48 bits per heavy atom. The molecule has 0 atom stereocenters. The number of aryl methyl sites for hydroxylation is 2. The van der Waals surface area contributed by atoms with Crippen molar-refractivity contribution in [2.45, 2.75) is 19.4 Å². The number of carbonyl (C=O) groups is 1. The van der Waals surface area contributed by atoms with Crippen molar-refractivity contribution in [3.63, 3.8) is 0 Å². The van der Waals surface area contributed by atoms with E-state index in [4.69, 9.17) is 0 Å². The third-order valence-corrected chi connectivity index (χ3v) is 4.05. The molecule has 4 nitrogen and oxygen atoms in total. The third-order valence-electron chi connectivity index (χ3n) is 4.05. The van der Waals surface area contributed by atoms with Crippen LogP contribution in [0.4, 0.5) is 8.78 Å². The van der Waals surface area contributed by atoms with Gasteiger partial charge in [-0.25, -0.2) is 8.78 Å². The minimum Gasteiger partial charge on any atom is -0.480 e. The zero-order valence-corrected chi connectivity index (χ0v) is 13.2. The van der Waals surface area contributed by atoms with E-state index in [-0.39, 0.29) is 12.0 Å². The van der Waals surface area contributed by atoms with Gasteiger partial charge in [-0.2, -0.15) is 0 Å². The average Bonchev–Trinajstić information content (AvgIpc) is 2.58. The minimum absolute atomic E-state index is 0.197. The van der Waals surface area contributed by atoms with Crippen LogP contribution in [0.25, 0.3) is 10.9 Å². The molecule has 0 unspecified atom stereocenters. The molecular weight excluding hydrogens is 328 g/mol. The van der Waals surface area contributed by atoms with Gasteiger partial charge in [0.15, 0.2) is 17.1 Å². The van der Waals surface area contributed by atoms with Crippen LogP contribution in [0.15, 0.2) is 53.3 Å². The number of para-hydroxylation sites is 1. The molecule has 128 valence electrons. The summed E-state index contributed by atoms with van der Waals surface area (Å²) in [5.74, 6) is -2.88. The molecular formula is C19H15F2NO3. The minimum atomic E-state index is -1.03. The molecule has 0 fully saturated rings. The summed E-state index contributed by atoms with van der Waals surface area (Å²) >= 11 is 0. The Hall–Kier alpha value is -3.02. The molecule has 0 saturated carbocycles. The Labute approximate surface area is 142 Å². The van der Waals surface area contributed by atoms with Crippen LogP contribution in [0.3, 0.4) is 0 Å². The Morgan fingerprint density at radius 1 is 1.00 bits per heavy atom. The van der Waals surface area contributed by atoms with E-state index in [0.717, 1.165) is 12.1 Å². The van der Waals surface area contributed by atoms with Crippen LogP contribution in [0, 0.1) is 11.6 Å². The summed E-state index contributed by atoms with van der Waals surface area (Å²) in [4.78, 5) is 23.5. The molecule has 1 heterocycles. The van der Waals surface area contributed by atoms with E-state index in [9.17, 15) is 23.5 Å². The Morgan fingerprint density at radius 2 is 1.76 bits per heavy atom. The average molecular weight is 343 g/mol. The lowest BCUT2D eigenvalue weighted by Crippen LogP contribution is -2.19. The molecule has 0 bridgehead atoms. The quantitative estimate of drug-likeness (QED) is 0.774. The lowest BCUT2D eigenvalue weighted by Gasteiger charge is -2.15. The highest BCUT2D eigenvalue weighted by atomic mass is 19.2. The van der Waals surface area contributed by atoms with Crippen LogP contribution in [-0.2, 0) is 24.2 Å². The van der Waals surface area contributed by atoms with Gasteiger partial charge in [0.2, 0.25) is 0 Å². The Bertz CT molecular complexity index is 1010. The largest absolute Gasteiger partial charge is 0.480 e. The van der Waals surface area contributed by atoms with Gasteiger partial charge in [-0.15, -0.1) is 0 Å². The van der Waals surface area contributed by atoms with Crippen LogP contribution >= 0.6 is 0 Å². The summed E-state index contributed by atoms with van der Waals surface area (Å²) in [5, 5.41) is 9.63. The summed E-state index contributed by atoms with van der Waals surface area (Å²) in [6.07, 6.45) is 0.688. The summed E-state index contributed by atoms with van der Waals surface area (Å²) in [6, 6.07) is 11.8. The van der Waals surface area contributed by atoms with Crippen molar-refractivity contribution >= 4 is 16.9 Å². The second kappa shape index (κ2) is 6.84. The number of hydrogen-bond donors (Lipinski definition) is 1. The van der Waals surface area contributed by atoms with Gasteiger partial charge >= 0.3 is 5.97 Å². The van der Waals surface area contributed by atoms with E-state index >= 15 is 0 Å². The monoisotopic (exact) mass is 343 g/mol. The zero-order chi connectivity index (χ0) is 18.0. The number of fused-ring (bicyclic) bond motifs is 1. The van der Waals surface area contributed by atoms with Gasteiger partial charge in [0.05, 0.1) is 5.52 Å². The molecule has 0 aliphatic rings. The van der Waals surface area contributed by atoms with Gasteiger partial charge in [0.25, 0.3) is 0 Å². The molecule has 25 heavy (non-hydrogen) atoms. The van der Waals surface area contributed by atoms with Crippen LogP contribution in [0.2, 0.25) is 0 Å². The lowest BCUT2D eigenvalue weighted by atomic mass is 10.1. The molecule has 6 heteroatoms. The highest BCUT2D eigenvalue weighted by Crippen LogP contribution is 2.16. The van der Waals surface area contributed by atoms with Crippen LogP contribution < -0.4 is 5.43 Å². The molecule has 1 N–H and O–H groups in total. The Kier molecular flexibility index (Phi) is 4.61. The number of carboxylic acid groups (broad SMARTS) is 1.